The summed E-state index contributed by atoms with van der Waals surface area (Å²) in [6.45, 7) is 4.17. The molecule has 4 nitrogen and oxygen atoms in total. The lowest BCUT2D eigenvalue weighted by molar-refractivity contribution is 0.465. The lowest BCUT2D eigenvalue weighted by atomic mass is 10.1. The maximum Gasteiger partial charge on any atom is 0.146 e. The Kier molecular flexibility index (Phi) is 5.21. The van der Waals surface area contributed by atoms with Gasteiger partial charge >= 0.3 is 0 Å². The van der Waals surface area contributed by atoms with Gasteiger partial charge in [0.2, 0.25) is 0 Å². The molecule has 0 saturated heterocycles. The van der Waals surface area contributed by atoms with Crippen molar-refractivity contribution in [2.24, 2.45) is 5.84 Å². The van der Waals surface area contributed by atoms with Gasteiger partial charge in [-0.2, -0.15) is 0 Å². The predicted molar refractivity (Wildman–Crippen MR) is 61.0 cm³/mol. The van der Waals surface area contributed by atoms with Crippen molar-refractivity contribution in [3.63, 3.8) is 0 Å². The van der Waals surface area contributed by atoms with E-state index in [1.807, 2.05) is 19.3 Å². The van der Waals surface area contributed by atoms with Crippen molar-refractivity contribution < 1.29 is 0 Å². The third-order valence-electron chi connectivity index (χ3n) is 2.41. The first-order valence-corrected chi connectivity index (χ1v) is 5.52. The quantitative estimate of drug-likeness (QED) is 0.425. The summed E-state index contributed by atoms with van der Waals surface area (Å²) in [7, 11) is 0. The second-order valence-corrected chi connectivity index (χ2v) is 3.83. The fraction of sp³-hybridized carbons (Fsp3) is 0.636. The molecule has 0 aliphatic heterocycles. The summed E-state index contributed by atoms with van der Waals surface area (Å²) in [5.41, 5.74) is 3.84. The van der Waals surface area contributed by atoms with Gasteiger partial charge in [0.15, 0.2) is 0 Å². The van der Waals surface area contributed by atoms with Gasteiger partial charge in [0.1, 0.15) is 5.82 Å². The van der Waals surface area contributed by atoms with Gasteiger partial charge in [0, 0.05) is 12.4 Å². The van der Waals surface area contributed by atoms with E-state index in [2.05, 4.69) is 22.3 Å². The molecule has 0 fully saturated rings. The minimum Gasteiger partial charge on any atom is -0.271 e. The van der Waals surface area contributed by atoms with Crippen LogP contribution >= 0.6 is 0 Å². The first kappa shape index (κ1) is 12.1. The summed E-state index contributed by atoms with van der Waals surface area (Å²) in [6.07, 6.45) is 8.24. The number of nitrogens with one attached hydrogen (secondary N) is 1. The molecule has 4 heteroatoms. The number of unbranched alkanes of at least 4 members (excludes halogenated alkanes) is 2. The fourth-order valence-corrected chi connectivity index (χ4v) is 1.47. The summed E-state index contributed by atoms with van der Waals surface area (Å²) < 4.78 is 0. The second kappa shape index (κ2) is 6.48. The number of aryl methyl sites for hydroxylation is 1. The van der Waals surface area contributed by atoms with E-state index in [-0.39, 0.29) is 6.04 Å². The number of hydrogen-bond donors (Lipinski definition) is 2. The summed E-state index contributed by atoms with van der Waals surface area (Å²) in [5, 5.41) is 0. The van der Waals surface area contributed by atoms with Crippen LogP contribution in [0.1, 0.15) is 50.0 Å². The highest BCUT2D eigenvalue weighted by atomic mass is 15.2. The minimum absolute atomic E-state index is 0.0807. The Balaban J connectivity index is 2.53. The van der Waals surface area contributed by atoms with Crippen LogP contribution in [0.5, 0.6) is 0 Å². The van der Waals surface area contributed by atoms with Gasteiger partial charge in [0.25, 0.3) is 0 Å². The Morgan fingerprint density at radius 2 is 2.00 bits per heavy atom. The molecule has 15 heavy (non-hydrogen) atoms. The lowest BCUT2D eigenvalue weighted by Crippen LogP contribution is -2.29. The molecular formula is C11H20N4. The van der Waals surface area contributed by atoms with E-state index in [1.54, 1.807) is 0 Å². The van der Waals surface area contributed by atoms with Gasteiger partial charge in [-0.05, 0) is 18.9 Å². The van der Waals surface area contributed by atoms with E-state index < -0.39 is 0 Å². The van der Waals surface area contributed by atoms with Crippen LogP contribution in [0.25, 0.3) is 0 Å². The van der Waals surface area contributed by atoms with Gasteiger partial charge in [-0.3, -0.25) is 5.84 Å². The van der Waals surface area contributed by atoms with Crippen LogP contribution < -0.4 is 11.3 Å². The Bertz CT molecular complexity index is 270. The van der Waals surface area contributed by atoms with Crippen molar-refractivity contribution in [2.75, 3.05) is 0 Å². The fourth-order valence-electron chi connectivity index (χ4n) is 1.47. The standard InChI is InChI=1S/C11H20N4/c1-3-4-5-6-10(15-12)11-13-7-9(2)8-14-11/h7-8,10,15H,3-6,12H2,1-2H3. The van der Waals surface area contributed by atoms with Crippen molar-refractivity contribution in [2.45, 2.75) is 45.6 Å². The molecule has 0 spiro atoms. The maximum atomic E-state index is 5.50. The molecule has 1 unspecified atom stereocenters. The molecule has 1 rings (SSSR count). The molecule has 0 bridgehead atoms. The monoisotopic (exact) mass is 208 g/mol. The SMILES string of the molecule is CCCCCC(NN)c1ncc(C)cn1. The molecule has 0 aromatic carbocycles. The third kappa shape index (κ3) is 3.93. The first-order chi connectivity index (χ1) is 7.27. The van der Waals surface area contributed by atoms with Gasteiger partial charge < -0.3 is 0 Å². The highest BCUT2D eigenvalue weighted by molar-refractivity contribution is 5.04. The van der Waals surface area contributed by atoms with Crippen molar-refractivity contribution in [3.8, 4) is 0 Å². The van der Waals surface area contributed by atoms with Crippen molar-refractivity contribution in [1.29, 1.82) is 0 Å². The average Bonchev–Trinajstić information content (AvgIpc) is 2.26. The van der Waals surface area contributed by atoms with E-state index in [9.17, 15) is 0 Å². The van der Waals surface area contributed by atoms with E-state index in [4.69, 9.17) is 5.84 Å². The molecule has 0 aliphatic rings. The summed E-state index contributed by atoms with van der Waals surface area (Å²) in [5.74, 6) is 6.29. The number of nitrogens with zero attached hydrogens (tertiary/aromatic N) is 2. The van der Waals surface area contributed by atoms with Crippen LogP contribution in [-0.4, -0.2) is 9.97 Å². The van der Waals surface area contributed by atoms with Gasteiger partial charge in [-0.1, -0.05) is 26.2 Å². The minimum atomic E-state index is 0.0807. The van der Waals surface area contributed by atoms with Crippen LogP contribution in [0.3, 0.4) is 0 Å². The predicted octanol–water partition coefficient (Wildman–Crippen LogP) is 1.87. The molecule has 1 atom stereocenters. The Morgan fingerprint density at radius 3 is 2.53 bits per heavy atom. The average molecular weight is 208 g/mol. The van der Waals surface area contributed by atoms with E-state index in [0.29, 0.717) is 0 Å². The molecule has 1 heterocycles. The van der Waals surface area contributed by atoms with Crippen molar-refractivity contribution in [1.82, 2.24) is 15.4 Å². The molecule has 0 saturated carbocycles. The number of aromatic nitrogens is 2. The van der Waals surface area contributed by atoms with E-state index in [0.717, 1.165) is 24.2 Å². The van der Waals surface area contributed by atoms with Gasteiger partial charge in [-0.15, -0.1) is 0 Å². The zero-order valence-corrected chi connectivity index (χ0v) is 9.53. The normalized spacial score (nSPS) is 12.7. The number of hydrazine groups is 1. The topological polar surface area (TPSA) is 63.8 Å². The Labute approximate surface area is 91.3 Å². The highest BCUT2D eigenvalue weighted by Crippen LogP contribution is 2.15. The first-order valence-electron chi connectivity index (χ1n) is 5.52. The van der Waals surface area contributed by atoms with Crippen LogP contribution in [-0.2, 0) is 0 Å². The lowest BCUT2D eigenvalue weighted by Gasteiger charge is -2.13. The number of hydrogen-bond acceptors (Lipinski definition) is 4. The van der Waals surface area contributed by atoms with Crippen molar-refractivity contribution in [3.05, 3.63) is 23.8 Å². The Hall–Kier alpha value is -1.00. The maximum absolute atomic E-state index is 5.50. The molecule has 0 radical (unpaired) electrons. The summed E-state index contributed by atoms with van der Waals surface area (Å²) in [4.78, 5) is 8.55. The van der Waals surface area contributed by atoms with E-state index in [1.165, 1.54) is 12.8 Å². The number of nitrogens with two attached hydrogens (primary N) is 1. The zero-order valence-electron chi connectivity index (χ0n) is 9.53. The van der Waals surface area contributed by atoms with Gasteiger partial charge in [0.05, 0.1) is 6.04 Å². The molecule has 0 aliphatic carbocycles. The van der Waals surface area contributed by atoms with Gasteiger partial charge in [-0.25, -0.2) is 15.4 Å². The molecule has 0 amide bonds. The molecule has 1 aromatic heterocycles. The summed E-state index contributed by atoms with van der Waals surface area (Å²) in [6, 6.07) is 0.0807. The zero-order chi connectivity index (χ0) is 11.1. The number of rotatable bonds is 6. The van der Waals surface area contributed by atoms with Crippen LogP contribution in [0.15, 0.2) is 12.4 Å². The van der Waals surface area contributed by atoms with Crippen LogP contribution in [0.4, 0.5) is 0 Å². The van der Waals surface area contributed by atoms with Crippen molar-refractivity contribution >= 4 is 0 Å². The highest BCUT2D eigenvalue weighted by Gasteiger charge is 2.11. The third-order valence-corrected chi connectivity index (χ3v) is 2.41. The van der Waals surface area contributed by atoms with Crippen LogP contribution in [0.2, 0.25) is 0 Å². The molecule has 3 N–H and O–H groups in total. The second-order valence-electron chi connectivity index (χ2n) is 3.83. The largest absolute Gasteiger partial charge is 0.271 e. The summed E-state index contributed by atoms with van der Waals surface area (Å²) >= 11 is 0. The molecular weight excluding hydrogens is 188 g/mol. The Morgan fingerprint density at radius 1 is 1.33 bits per heavy atom. The molecule has 84 valence electrons. The molecule has 1 aromatic rings. The van der Waals surface area contributed by atoms with E-state index >= 15 is 0 Å². The smallest absolute Gasteiger partial charge is 0.146 e. The van der Waals surface area contributed by atoms with Crippen LogP contribution in [0, 0.1) is 6.92 Å².